The molecule has 0 unspecified atom stereocenters. The summed E-state index contributed by atoms with van der Waals surface area (Å²) >= 11 is 0. The highest BCUT2D eigenvalue weighted by atomic mass is 16.1. The maximum atomic E-state index is 10.9. The largest absolute Gasteiger partial charge is 0.330 e. The van der Waals surface area contributed by atoms with Crippen molar-refractivity contribution in [3.05, 3.63) is 35.4 Å². The van der Waals surface area contributed by atoms with E-state index in [0.717, 1.165) is 18.0 Å². The first-order valence-electron chi connectivity index (χ1n) is 8.27. The third-order valence-electron chi connectivity index (χ3n) is 3.47. The molecule has 0 fully saturated rings. The average molecular weight is 293 g/mol. The smallest absolute Gasteiger partial charge is 0.159 e. The number of hydrogen-bond donors (Lipinski definition) is 1. The fraction of sp³-hybridized carbons (Fsp3) is 0.632. The number of nitrogens with two attached hydrogens (primary N) is 1. The Kier molecular flexibility index (Phi) is 14.6. The highest BCUT2D eigenvalue weighted by Crippen LogP contribution is 2.14. The minimum absolute atomic E-state index is 0.130. The first-order chi connectivity index (χ1) is 9.96. The van der Waals surface area contributed by atoms with Gasteiger partial charge in [-0.15, -0.1) is 0 Å². The van der Waals surface area contributed by atoms with E-state index in [1.807, 2.05) is 38.1 Å². The van der Waals surface area contributed by atoms with E-state index in [4.69, 9.17) is 5.73 Å². The van der Waals surface area contributed by atoms with Crippen LogP contribution in [0.25, 0.3) is 0 Å². The van der Waals surface area contributed by atoms with Gasteiger partial charge in [0.25, 0.3) is 0 Å². The summed E-state index contributed by atoms with van der Waals surface area (Å²) in [4.78, 5) is 10.9. The van der Waals surface area contributed by atoms with Crippen LogP contribution < -0.4 is 5.73 Å². The van der Waals surface area contributed by atoms with Crippen LogP contribution in [0.5, 0.6) is 0 Å². The Morgan fingerprint density at radius 2 is 1.48 bits per heavy atom. The molecule has 0 saturated heterocycles. The number of hydrogen-bond acceptors (Lipinski definition) is 2. The van der Waals surface area contributed by atoms with Gasteiger partial charge in [-0.3, -0.25) is 4.79 Å². The topological polar surface area (TPSA) is 43.1 Å². The van der Waals surface area contributed by atoms with E-state index in [2.05, 4.69) is 27.7 Å². The van der Waals surface area contributed by atoms with Crippen molar-refractivity contribution < 1.29 is 4.79 Å². The van der Waals surface area contributed by atoms with Crippen molar-refractivity contribution in [2.24, 2.45) is 11.7 Å². The van der Waals surface area contributed by atoms with Gasteiger partial charge in [0.1, 0.15) is 0 Å². The van der Waals surface area contributed by atoms with Crippen LogP contribution in [0.4, 0.5) is 0 Å². The van der Waals surface area contributed by atoms with Crippen molar-refractivity contribution in [1.82, 2.24) is 0 Å². The minimum atomic E-state index is 0.130. The zero-order valence-electron chi connectivity index (χ0n) is 15.1. The second-order valence-corrected chi connectivity index (χ2v) is 5.25. The van der Waals surface area contributed by atoms with Crippen LogP contribution in [0.2, 0.25) is 0 Å². The Balaban J connectivity index is 0. The van der Waals surface area contributed by atoms with E-state index in [0.29, 0.717) is 5.92 Å². The Morgan fingerprint density at radius 1 is 1.05 bits per heavy atom. The van der Waals surface area contributed by atoms with Crippen molar-refractivity contribution in [2.45, 2.75) is 67.2 Å². The number of rotatable bonds is 5. The number of ketones is 1. The van der Waals surface area contributed by atoms with Crippen molar-refractivity contribution >= 4 is 5.78 Å². The van der Waals surface area contributed by atoms with Crippen molar-refractivity contribution in [3.63, 3.8) is 0 Å². The monoisotopic (exact) mass is 293 g/mol. The summed E-state index contributed by atoms with van der Waals surface area (Å²) in [5.74, 6) is 1.43. The molecule has 1 rings (SSSR count). The minimum Gasteiger partial charge on any atom is -0.330 e. The number of carbonyl (C=O) groups excluding carboxylic acids is 1. The Labute approximate surface area is 132 Å². The van der Waals surface area contributed by atoms with Gasteiger partial charge in [0.05, 0.1) is 0 Å². The predicted octanol–water partition coefficient (Wildman–Crippen LogP) is 5.42. The van der Waals surface area contributed by atoms with Crippen LogP contribution in [-0.4, -0.2) is 12.3 Å². The average Bonchev–Trinajstić information content (AvgIpc) is 2.51. The molecule has 0 aliphatic heterocycles. The molecular weight excluding hydrogens is 258 g/mol. The van der Waals surface area contributed by atoms with E-state index in [-0.39, 0.29) is 5.78 Å². The van der Waals surface area contributed by atoms with Gasteiger partial charge in [0.15, 0.2) is 5.78 Å². The van der Waals surface area contributed by atoms with E-state index < -0.39 is 0 Å². The molecular formula is C19H35NO. The summed E-state index contributed by atoms with van der Waals surface area (Å²) in [6.07, 6.45) is 2.46. The molecule has 0 aromatic heterocycles. The molecule has 0 aliphatic rings. The lowest BCUT2D eigenvalue weighted by molar-refractivity contribution is 0.101. The van der Waals surface area contributed by atoms with E-state index >= 15 is 0 Å². The molecule has 0 atom stereocenters. The lowest BCUT2D eigenvalue weighted by Gasteiger charge is -2.05. The van der Waals surface area contributed by atoms with Crippen molar-refractivity contribution in [2.75, 3.05) is 6.54 Å². The molecule has 2 N–H and O–H groups in total. The van der Waals surface area contributed by atoms with Crippen molar-refractivity contribution in [3.8, 4) is 0 Å². The molecule has 1 aromatic carbocycles. The number of benzene rings is 1. The van der Waals surface area contributed by atoms with Crippen LogP contribution in [-0.2, 0) is 0 Å². The van der Waals surface area contributed by atoms with E-state index in [9.17, 15) is 4.79 Å². The highest BCUT2D eigenvalue weighted by Gasteiger charge is 2.00. The van der Waals surface area contributed by atoms with E-state index in [1.54, 1.807) is 6.92 Å². The second kappa shape index (κ2) is 13.8. The van der Waals surface area contributed by atoms with Crippen LogP contribution in [0.15, 0.2) is 24.3 Å². The summed E-state index contributed by atoms with van der Waals surface area (Å²) in [5, 5.41) is 0. The maximum absolute atomic E-state index is 10.9. The van der Waals surface area contributed by atoms with Crippen LogP contribution in [0.3, 0.4) is 0 Å². The van der Waals surface area contributed by atoms with Gasteiger partial charge in [-0.2, -0.15) is 0 Å². The molecule has 0 aliphatic carbocycles. The van der Waals surface area contributed by atoms with Crippen LogP contribution >= 0.6 is 0 Å². The summed E-state index contributed by atoms with van der Waals surface area (Å²) in [6.45, 7) is 15.1. The summed E-state index contributed by atoms with van der Waals surface area (Å²) in [6, 6.07) is 7.80. The number of Topliss-reactive ketones (excluding diaryl/α,β-unsaturated/α-hetero) is 1. The second-order valence-electron chi connectivity index (χ2n) is 5.25. The van der Waals surface area contributed by atoms with Gasteiger partial charge in [-0.25, -0.2) is 0 Å². The zero-order valence-corrected chi connectivity index (χ0v) is 15.1. The zero-order chi connectivity index (χ0) is 16.8. The van der Waals surface area contributed by atoms with Crippen LogP contribution in [0, 0.1) is 5.92 Å². The first-order valence-corrected chi connectivity index (χ1v) is 8.27. The quantitative estimate of drug-likeness (QED) is 0.736. The van der Waals surface area contributed by atoms with Crippen LogP contribution in [0.1, 0.15) is 83.1 Å². The summed E-state index contributed by atoms with van der Waals surface area (Å²) < 4.78 is 0. The lowest BCUT2D eigenvalue weighted by atomic mass is 10.0. The Hall–Kier alpha value is -1.15. The van der Waals surface area contributed by atoms with Gasteiger partial charge >= 0.3 is 0 Å². The van der Waals surface area contributed by atoms with Gasteiger partial charge < -0.3 is 5.73 Å². The molecule has 0 spiro atoms. The molecule has 122 valence electrons. The van der Waals surface area contributed by atoms with Gasteiger partial charge in [0.2, 0.25) is 0 Å². The van der Waals surface area contributed by atoms with Gasteiger partial charge in [0, 0.05) is 5.56 Å². The molecule has 0 amide bonds. The fourth-order valence-electron chi connectivity index (χ4n) is 1.72. The predicted molar refractivity (Wildman–Crippen MR) is 95.0 cm³/mol. The first kappa shape index (κ1) is 22.1. The summed E-state index contributed by atoms with van der Waals surface area (Å²) in [7, 11) is 0. The highest BCUT2D eigenvalue weighted by molar-refractivity contribution is 5.94. The molecule has 0 radical (unpaired) electrons. The third-order valence-corrected chi connectivity index (χ3v) is 3.47. The van der Waals surface area contributed by atoms with Crippen molar-refractivity contribution in [1.29, 1.82) is 0 Å². The molecule has 0 saturated carbocycles. The molecule has 2 heteroatoms. The fourth-order valence-corrected chi connectivity index (χ4v) is 1.72. The Morgan fingerprint density at radius 3 is 1.67 bits per heavy atom. The number of carbonyl (C=O) groups is 1. The normalized spacial score (nSPS) is 9.62. The molecule has 1 aromatic rings. The van der Waals surface area contributed by atoms with E-state index in [1.165, 1.54) is 18.4 Å². The maximum Gasteiger partial charge on any atom is 0.159 e. The molecule has 0 bridgehead atoms. The van der Waals surface area contributed by atoms with Gasteiger partial charge in [-0.1, -0.05) is 78.6 Å². The third kappa shape index (κ3) is 10.3. The standard InChI is InChI=1S/C11H14O.C6H15N.C2H6/c1-8(2)10-4-6-11(7-5-10)9(3)12;1-3-6(4-2)5-7;1-2/h4-8H,1-3H3;6H,3-5,7H2,1-2H3;1-2H3. The SMILES string of the molecule is CC.CC(=O)c1ccc(C(C)C)cc1.CCC(CC)CN. The molecule has 2 nitrogen and oxygen atoms in total. The summed E-state index contributed by atoms with van der Waals surface area (Å²) in [5.41, 5.74) is 7.46. The molecule has 0 heterocycles. The Bertz CT molecular complexity index is 345. The molecule has 21 heavy (non-hydrogen) atoms. The lowest BCUT2D eigenvalue weighted by Crippen LogP contribution is -2.11. The van der Waals surface area contributed by atoms with Gasteiger partial charge in [-0.05, 0) is 30.9 Å².